The van der Waals surface area contributed by atoms with Crippen molar-refractivity contribution < 1.29 is 9.53 Å². The second-order valence-electron chi connectivity index (χ2n) is 6.68. The van der Waals surface area contributed by atoms with Gasteiger partial charge >= 0.3 is 0 Å². The van der Waals surface area contributed by atoms with E-state index < -0.39 is 5.66 Å². The van der Waals surface area contributed by atoms with Gasteiger partial charge in [0.2, 0.25) is 0 Å². The van der Waals surface area contributed by atoms with Gasteiger partial charge in [-0.3, -0.25) is 4.79 Å². The summed E-state index contributed by atoms with van der Waals surface area (Å²) in [5, 5.41) is 6.65. The maximum atomic E-state index is 12.6. The molecule has 1 atom stereocenters. The number of fused-ring (bicyclic) bond motifs is 1. The molecule has 136 valence electrons. The molecule has 27 heavy (non-hydrogen) atoms. The Balaban J connectivity index is 1.54. The number of para-hydroxylation sites is 1. The van der Waals surface area contributed by atoms with Crippen LogP contribution in [0.5, 0.6) is 5.75 Å². The van der Waals surface area contributed by atoms with E-state index in [-0.39, 0.29) is 5.91 Å². The van der Waals surface area contributed by atoms with Crippen LogP contribution in [-0.4, -0.2) is 5.91 Å². The van der Waals surface area contributed by atoms with Crippen LogP contribution in [-0.2, 0) is 12.3 Å². The summed E-state index contributed by atoms with van der Waals surface area (Å²) in [5.41, 5.74) is 3.03. The Kier molecular flexibility index (Phi) is 4.55. The van der Waals surface area contributed by atoms with Gasteiger partial charge in [0.1, 0.15) is 18.0 Å². The van der Waals surface area contributed by atoms with E-state index in [4.69, 9.17) is 4.74 Å². The Morgan fingerprint density at radius 2 is 1.56 bits per heavy atom. The second-order valence-corrected chi connectivity index (χ2v) is 6.68. The van der Waals surface area contributed by atoms with E-state index in [2.05, 4.69) is 17.6 Å². The van der Waals surface area contributed by atoms with Gasteiger partial charge in [0, 0.05) is 5.69 Å². The zero-order valence-electron chi connectivity index (χ0n) is 15.2. The number of rotatable bonds is 5. The molecule has 1 aliphatic heterocycles. The largest absolute Gasteiger partial charge is 0.489 e. The minimum Gasteiger partial charge on any atom is -0.489 e. The molecule has 3 aromatic rings. The van der Waals surface area contributed by atoms with Gasteiger partial charge in [0.05, 0.1) is 5.56 Å². The van der Waals surface area contributed by atoms with E-state index in [0.717, 1.165) is 29.0 Å². The molecule has 3 aromatic carbocycles. The quantitative estimate of drug-likeness (QED) is 0.696. The number of amides is 1. The third-order valence-electron chi connectivity index (χ3n) is 4.97. The molecule has 0 aliphatic carbocycles. The van der Waals surface area contributed by atoms with Gasteiger partial charge in [0.15, 0.2) is 0 Å². The highest BCUT2D eigenvalue weighted by atomic mass is 16.5. The molecule has 1 aliphatic rings. The Labute approximate surface area is 159 Å². The van der Waals surface area contributed by atoms with Gasteiger partial charge in [0.25, 0.3) is 5.91 Å². The van der Waals surface area contributed by atoms with E-state index in [1.54, 1.807) is 0 Å². The van der Waals surface area contributed by atoms with E-state index in [0.29, 0.717) is 12.2 Å². The lowest BCUT2D eigenvalue weighted by atomic mass is 9.92. The minimum absolute atomic E-state index is 0.0596. The van der Waals surface area contributed by atoms with Crippen LogP contribution in [0.2, 0.25) is 0 Å². The summed E-state index contributed by atoms with van der Waals surface area (Å²) in [7, 11) is 0. The third-order valence-corrected chi connectivity index (χ3v) is 4.97. The van der Waals surface area contributed by atoms with Gasteiger partial charge in [-0.2, -0.15) is 0 Å². The molecule has 0 bridgehead atoms. The molecule has 0 saturated heterocycles. The molecule has 1 heterocycles. The van der Waals surface area contributed by atoms with Crippen molar-refractivity contribution in [3.05, 3.63) is 95.6 Å². The Hall–Kier alpha value is -3.27. The van der Waals surface area contributed by atoms with Crippen LogP contribution < -0.4 is 15.4 Å². The van der Waals surface area contributed by atoms with Crippen molar-refractivity contribution in [3.8, 4) is 5.75 Å². The lowest BCUT2D eigenvalue weighted by molar-refractivity contribution is 0.0896. The molecule has 4 rings (SSSR count). The highest BCUT2D eigenvalue weighted by molar-refractivity contribution is 6.02. The number of hydrogen-bond donors (Lipinski definition) is 2. The van der Waals surface area contributed by atoms with E-state index in [1.165, 1.54) is 0 Å². The number of benzene rings is 3. The summed E-state index contributed by atoms with van der Waals surface area (Å²) in [6, 6.07) is 25.6. The number of anilines is 1. The zero-order chi connectivity index (χ0) is 18.7. The Morgan fingerprint density at radius 3 is 2.30 bits per heavy atom. The standard InChI is InChI=1S/C23H22N2O2/c1-2-23(24-21-11-7-6-10-20(21)22(26)25-23)18-12-14-19(15-13-18)27-16-17-8-4-3-5-9-17/h3-15,24H,2,16H2,1H3,(H,25,26). The highest BCUT2D eigenvalue weighted by Gasteiger charge is 2.37. The molecule has 1 amide bonds. The van der Waals surface area contributed by atoms with Crippen molar-refractivity contribution in [1.29, 1.82) is 0 Å². The monoisotopic (exact) mass is 358 g/mol. The van der Waals surface area contributed by atoms with Crippen LogP contribution in [0.1, 0.15) is 34.8 Å². The first kappa shape index (κ1) is 17.2. The number of carbonyl (C=O) groups excluding carboxylic acids is 1. The molecule has 0 spiro atoms. The SMILES string of the molecule is CCC1(c2ccc(OCc3ccccc3)cc2)NC(=O)c2ccccc2N1. The van der Waals surface area contributed by atoms with E-state index in [9.17, 15) is 4.79 Å². The van der Waals surface area contributed by atoms with Gasteiger partial charge in [-0.05, 0) is 41.8 Å². The molecule has 4 heteroatoms. The first-order valence-corrected chi connectivity index (χ1v) is 9.17. The fraction of sp³-hybridized carbons (Fsp3) is 0.174. The normalized spacial score (nSPS) is 18.2. The Morgan fingerprint density at radius 1 is 0.852 bits per heavy atom. The number of hydrogen-bond acceptors (Lipinski definition) is 3. The molecule has 0 radical (unpaired) electrons. The molecular weight excluding hydrogens is 336 g/mol. The van der Waals surface area contributed by atoms with Crippen molar-refractivity contribution in [2.75, 3.05) is 5.32 Å². The molecular formula is C23H22N2O2. The molecule has 0 fully saturated rings. The molecule has 1 unspecified atom stereocenters. The van der Waals surface area contributed by atoms with Crippen LogP contribution in [0.4, 0.5) is 5.69 Å². The van der Waals surface area contributed by atoms with Crippen molar-refractivity contribution in [1.82, 2.24) is 5.32 Å². The fourth-order valence-electron chi connectivity index (χ4n) is 3.41. The van der Waals surface area contributed by atoms with Crippen molar-refractivity contribution in [2.24, 2.45) is 0 Å². The van der Waals surface area contributed by atoms with Gasteiger partial charge < -0.3 is 15.4 Å². The molecule has 2 N–H and O–H groups in total. The maximum Gasteiger partial charge on any atom is 0.255 e. The first-order chi connectivity index (χ1) is 13.2. The number of carbonyl (C=O) groups is 1. The van der Waals surface area contributed by atoms with Gasteiger partial charge in [-0.1, -0.05) is 61.5 Å². The van der Waals surface area contributed by atoms with Crippen molar-refractivity contribution in [2.45, 2.75) is 25.6 Å². The first-order valence-electron chi connectivity index (χ1n) is 9.17. The third kappa shape index (κ3) is 3.38. The Bertz CT molecular complexity index is 938. The molecule has 0 aromatic heterocycles. The van der Waals surface area contributed by atoms with Crippen LogP contribution in [0.3, 0.4) is 0 Å². The average Bonchev–Trinajstić information content (AvgIpc) is 2.73. The van der Waals surface area contributed by atoms with Crippen molar-refractivity contribution in [3.63, 3.8) is 0 Å². The van der Waals surface area contributed by atoms with Crippen LogP contribution in [0, 0.1) is 0 Å². The predicted octanol–water partition coefficient (Wildman–Crippen LogP) is 4.68. The maximum absolute atomic E-state index is 12.6. The summed E-state index contributed by atoms with van der Waals surface area (Å²) in [5.74, 6) is 0.743. The smallest absolute Gasteiger partial charge is 0.255 e. The van der Waals surface area contributed by atoms with Crippen molar-refractivity contribution >= 4 is 11.6 Å². The summed E-state index contributed by atoms with van der Waals surface area (Å²) in [6.45, 7) is 2.59. The summed E-state index contributed by atoms with van der Waals surface area (Å²) in [6.07, 6.45) is 0.720. The van der Waals surface area contributed by atoms with E-state index >= 15 is 0 Å². The van der Waals surface area contributed by atoms with E-state index in [1.807, 2.05) is 78.9 Å². The summed E-state index contributed by atoms with van der Waals surface area (Å²) in [4.78, 5) is 12.6. The number of nitrogens with one attached hydrogen (secondary N) is 2. The summed E-state index contributed by atoms with van der Waals surface area (Å²) >= 11 is 0. The lowest BCUT2D eigenvalue weighted by Crippen LogP contribution is -2.54. The minimum atomic E-state index is -0.622. The lowest BCUT2D eigenvalue weighted by Gasteiger charge is -2.40. The average molecular weight is 358 g/mol. The zero-order valence-corrected chi connectivity index (χ0v) is 15.2. The van der Waals surface area contributed by atoms with Crippen LogP contribution in [0.25, 0.3) is 0 Å². The fourth-order valence-corrected chi connectivity index (χ4v) is 3.41. The van der Waals surface area contributed by atoms with Crippen LogP contribution >= 0.6 is 0 Å². The summed E-state index contributed by atoms with van der Waals surface area (Å²) < 4.78 is 5.87. The number of ether oxygens (including phenoxy) is 1. The second kappa shape index (κ2) is 7.16. The highest BCUT2D eigenvalue weighted by Crippen LogP contribution is 2.34. The van der Waals surface area contributed by atoms with Gasteiger partial charge in [-0.25, -0.2) is 0 Å². The van der Waals surface area contributed by atoms with Gasteiger partial charge in [-0.15, -0.1) is 0 Å². The predicted molar refractivity (Wildman–Crippen MR) is 107 cm³/mol. The van der Waals surface area contributed by atoms with Crippen LogP contribution in [0.15, 0.2) is 78.9 Å². The molecule has 4 nitrogen and oxygen atoms in total. The topological polar surface area (TPSA) is 50.4 Å². The molecule has 0 saturated carbocycles.